The minimum absolute atomic E-state index is 0.211. The van der Waals surface area contributed by atoms with E-state index in [-0.39, 0.29) is 12.1 Å². The SMILES string of the molecule is CNCCCCCCCOc1ccc2c(c1)C(=O)N(C1CCN(O)C1O)C2=O. The zero-order valence-electron chi connectivity index (χ0n) is 16.3. The van der Waals surface area contributed by atoms with E-state index in [2.05, 4.69) is 5.32 Å². The highest BCUT2D eigenvalue weighted by Gasteiger charge is 2.46. The molecule has 0 aliphatic carbocycles. The Morgan fingerprint density at radius 1 is 1.11 bits per heavy atom. The zero-order valence-corrected chi connectivity index (χ0v) is 16.3. The van der Waals surface area contributed by atoms with Gasteiger partial charge < -0.3 is 20.4 Å². The molecule has 8 nitrogen and oxygen atoms in total. The van der Waals surface area contributed by atoms with E-state index in [1.54, 1.807) is 18.2 Å². The Morgan fingerprint density at radius 3 is 2.54 bits per heavy atom. The van der Waals surface area contributed by atoms with Crippen LogP contribution in [0.25, 0.3) is 0 Å². The van der Waals surface area contributed by atoms with Crippen molar-refractivity contribution in [3.63, 3.8) is 0 Å². The first kappa shape index (κ1) is 20.7. The van der Waals surface area contributed by atoms with E-state index >= 15 is 0 Å². The molecule has 0 spiro atoms. The van der Waals surface area contributed by atoms with E-state index in [9.17, 15) is 19.9 Å². The standard InChI is InChI=1S/C20H29N3O5/c1-21-10-5-3-2-4-6-12-28-14-7-8-15-16(13-14)19(25)23(18(15)24)17-9-11-22(27)20(17)26/h7-8,13,17,20-21,26-27H,2-6,9-12H2,1H3. The summed E-state index contributed by atoms with van der Waals surface area (Å²) in [4.78, 5) is 26.4. The first-order valence-electron chi connectivity index (χ1n) is 9.97. The summed E-state index contributed by atoms with van der Waals surface area (Å²) in [6, 6.07) is 4.15. The van der Waals surface area contributed by atoms with E-state index in [1.807, 2.05) is 7.05 Å². The number of fused-ring (bicyclic) bond motifs is 1. The Morgan fingerprint density at radius 2 is 1.82 bits per heavy atom. The normalized spacial score (nSPS) is 22.2. The number of hydrogen-bond donors (Lipinski definition) is 3. The van der Waals surface area contributed by atoms with E-state index < -0.39 is 24.1 Å². The predicted octanol–water partition coefficient (Wildman–Crippen LogP) is 1.61. The number of rotatable bonds is 10. The van der Waals surface area contributed by atoms with Crippen molar-refractivity contribution in [1.29, 1.82) is 0 Å². The molecule has 2 unspecified atom stereocenters. The molecule has 2 heterocycles. The van der Waals surface area contributed by atoms with Gasteiger partial charge in [0.1, 0.15) is 12.0 Å². The van der Waals surface area contributed by atoms with Crippen LogP contribution in [0.5, 0.6) is 5.75 Å². The second-order valence-corrected chi connectivity index (χ2v) is 7.34. The minimum Gasteiger partial charge on any atom is -0.494 e. The summed E-state index contributed by atoms with van der Waals surface area (Å²) in [6.07, 6.45) is 4.66. The molecule has 3 N–H and O–H groups in total. The van der Waals surface area contributed by atoms with Crippen LogP contribution in [0.15, 0.2) is 18.2 Å². The number of hydroxylamine groups is 2. The Hall–Kier alpha value is -2.00. The number of imide groups is 1. The average Bonchev–Trinajstić information content (AvgIpc) is 3.14. The van der Waals surface area contributed by atoms with E-state index in [0.29, 0.717) is 24.3 Å². The quantitative estimate of drug-likeness (QED) is 0.411. The van der Waals surface area contributed by atoms with Crippen molar-refractivity contribution in [3.05, 3.63) is 29.3 Å². The third-order valence-electron chi connectivity index (χ3n) is 5.36. The molecule has 2 atom stereocenters. The van der Waals surface area contributed by atoms with Crippen molar-refractivity contribution in [2.24, 2.45) is 0 Å². The van der Waals surface area contributed by atoms with Crippen molar-refractivity contribution >= 4 is 11.8 Å². The van der Waals surface area contributed by atoms with Gasteiger partial charge in [-0.25, -0.2) is 0 Å². The van der Waals surface area contributed by atoms with Crippen molar-refractivity contribution in [1.82, 2.24) is 15.3 Å². The van der Waals surface area contributed by atoms with Crippen molar-refractivity contribution in [3.8, 4) is 5.75 Å². The highest BCUT2D eigenvalue weighted by Crippen LogP contribution is 2.32. The summed E-state index contributed by atoms with van der Waals surface area (Å²) in [5.41, 5.74) is 0.601. The molecule has 2 amide bonds. The number of nitrogens with zero attached hydrogens (tertiary/aromatic N) is 2. The van der Waals surface area contributed by atoms with Gasteiger partial charge in [-0.15, -0.1) is 0 Å². The molecular weight excluding hydrogens is 362 g/mol. The van der Waals surface area contributed by atoms with E-state index in [4.69, 9.17) is 4.74 Å². The maximum Gasteiger partial charge on any atom is 0.262 e. The third-order valence-corrected chi connectivity index (χ3v) is 5.36. The molecule has 1 saturated heterocycles. The van der Waals surface area contributed by atoms with Crippen LogP contribution in [-0.2, 0) is 0 Å². The number of hydrogen-bond acceptors (Lipinski definition) is 7. The number of ether oxygens (including phenoxy) is 1. The lowest BCUT2D eigenvalue weighted by molar-refractivity contribution is -0.179. The molecule has 2 aliphatic heterocycles. The summed E-state index contributed by atoms with van der Waals surface area (Å²) in [6.45, 7) is 1.82. The largest absolute Gasteiger partial charge is 0.494 e. The van der Waals surface area contributed by atoms with Gasteiger partial charge in [-0.3, -0.25) is 14.5 Å². The number of carbonyl (C=O) groups is 2. The molecule has 0 bridgehead atoms. The van der Waals surface area contributed by atoms with Crippen LogP contribution in [0.3, 0.4) is 0 Å². The Labute approximate surface area is 165 Å². The number of aliphatic hydroxyl groups excluding tert-OH is 1. The smallest absolute Gasteiger partial charge is 0.262 e. The highest BCUT2D eigenvalue weighted by molar-refractivity contribution is 6.21. The lowest BCUT2D eigenvalue weighted by Gasteiger charge is -2.25. The van der Waals surface area contributed by atoms with Gasteiger partial charge in [-0.1, -0.05) is 19.3 Å². The first-order valence-corrected chi connectivity index (χ1v) is 9.97. The maximum absolute atomic E-state index is 12.7. The molecular formula is C20H29N3O5. The van der Waals surface area contributed by atoms with Gasteiger partial charge in [0, 0.05) is 6.54 Å². The van der Waals surface area contributed by atoms with Gasteiger partial charge in [-0.2, -0.15) is 5.06 Å². The summed E-state index contributed by atoms with van der Waals surface area (Å²) in [5, 5.41) is 23.5. The summed E-state index contributed by atoms with van der Waals surface area (Å²) in [7, 11) is 1.96. The zero-order chi connectivity index (χ0) is 20.1. The fourth-order valence-corrected chi connectivity index (χ4v) is 3.76. The third kappa shape index (κ3) is 4.35. The Balaban J connectivity index is 1.53. The van der Waals surface area contributed by atoms with Crippen LogP contribution in [0, 0.1) is 0 Å². The lowest BCUT2D eigenvalue weighted by atomic mass is 10.1. The van der Waals surface area contributed by atoms with Crippen LogP contribution in [0.2, 0.25) is 0 Å². The second kappa shape index (κ2) is 9.47. The molecule has 1 fully saturated rings. The van der Waals surface area contributed by atoms with E-state index in [0.717, 1.165) is 29.3 Å². The van der Waals surface area contributed by atoms with Gasteiger partial charge in [0.05, 0.1) is 23.8 Å². The second-order valence-electron chi connectivity index (χ2n) is 7.34. The molecule has 154 valence electrons. The van der Waals surface area contributed by atoms with Gasteiger partial charge in [0.25, 0.3) is 11.8 Å². The molecule has 3 rings (SSSR count). The molecule has 0 saturated carbocycles. The van der Waals surface area contributed by atoms with Gasteiger partial charge >= 0.3 is 0 Å². The van der Waals surface area contributed by atoms with Gasteiger partial charge in [0.2, 0.25) is 0 Å². The molecule has 1 aromatic carbocycles. The molecule has 8 heteroatoms. The first-order chi connectivity index (χ1) is 13.5. The fourth-order valence-electron chi connectivity index (χ4n) is 3.76. The van der Waals surface area contributed by atoms with Crippen LogP contribution < -0.4 is 10.1 Å². The average molecular weight is 391 g/mol. The topological polar surface area (TPSA) is 102 Å². The summed E-state index contributed by atoms with van der Waals surface area (Å²) < 4.78 is 5.75. The minimum atomic E-state index is -1.26. The van der Waals surface area contributed by atoms with Gasteiger partial charge in [-0.05, 0) is 51.1 Å². The van der Waals surface area contributed by atoms with Crippen LogP contribution >= 0.6 is 0 Å². The number of nitrogens with one attached hydrogen (secondary N) is 1. The van der Waals surface area contributed by atoms with Gasteiger partial charge in [0.15, 0.2) is 0 Å². The van der Waals surface area contributed by atoms with Crippen molar-refractivity contribution in [2.75, 3.05) is 26.7 Å². The molecule has 0 radical (unpaired) electrons. The Bertz CT molecular complexity index is 711. The van der Waals surface area contributed by atoms with Crippen LogP contribution in [0.1, 0.15) is 59.2 Å². The van der Waals surface area contributed by atoms with Crippen molar-refractivity contribution < 1.29 is 24.6 Å². The lowest BCUT2D eigenvalue weighted by Crippen LogP contribution is -2.47. The monoisotopic (exact) mass is 391 g/mol. The van der Waals surface area contributed by atoms with Crippen molar-refractivity contribution in [2.45, 2.75) is 50.8 Å². The highest BCUT2D eigenvalue weighted by atomic mass is 16.5. The number of amides is 2. The number of unbranched alkanes of at least 4 members (excludes halogenated alkanes) is 4. The maximum atomic E-state index is 12.7. The van der Waals surface area contributed by atoms with Crippen LogP contribution in [0.4, 0.5) is 0 Å². The Kier molecular flexibility index (Phi) is 7.01. The predicted molar refractivity (Wildman–Crippen MR) is 102 cm³/mol. The molecule has 0 aromatic heterocycles. The summed E-state index contributed by atoms with van der Waals surface area (Å²) in [5.74, 6) is -0.325. The fraction of sp³-hybridized carbons (Fsp3) is 0.600. The number of benzene rings is 1. The van der Waals surface area contributed by atoms with Crippen LogP contribution in [-0.4, -0.2) is 71.1 Å². The molecule has 28 heavy (non-hydrogen) atoms. The van der Waals surface area contributed by atoms with E-state index in [1.165, 1.54) is 19.3 Å². The number of carbonyl (C=O) groups excluding carboxylic acids is 2. The molecule has 1 aromatic rings. The summed E-state index contributed by atoms with van der Waals surface area (Å²) >= 11 is 0. The molecule has 2 aliphatic rings. The number of aliphatic hydroxyl groups is 1.